The van der Waals surface area contributed by atoms with Crippen LogP contribution in [0.1, 0.15) is 5.56 Å². The van der Waals surface area contributed by atoms with Gasteiger partial charge in [-0.3, -0.25) is 4.68 Å². The third-order valence-corrected chi connectivity index (χ3v) is 2.44. The predicted molar refractivity (Wildman–Crippen MR) is 65.0 cm³/mol. The van der Waals surface area contributed by atoms with Crippen LogP contribution in [-0.4, -0.2) is 16.4 Å². The van der Waals surface area contributed by atoms with Gasteiger partial charge in [0.15, 0.2) is 0 Å². The lowest BCUT2D eigenvalue weighted by atomic mass is 10.1. The first kappa shape index (κ1) is 13.1. The Bertz CT molecular complexity index is 558. The van der Waals surface area contributed by atoms with Crippen LogP contribution in [0, 0.1) is 0 Å². The minimum absolute atomic E-state index is 0.00549. The summed E-state index contributed by atoms with van der Waals surface area (Å²) >= 11 is 0. The van der Waals surface area contributed by atoms with E-state index in [1.807, 2.05) is 0 Å². The van der Waals surface area contributed by atoms with E-state index in [2.05, 4.69) is 9.84 Å². The van der Waals surface area contributed by atoms with Gasteiger partial charge in [0.1, 0.15) is 12.4 Å². The fraction of sp³-hybridized carbons (Fsp3) is 0.250. The molecule has 0 saturated carbocycles. The molecule has 0 unspecified atom stereocenters. The van der Waals surface area contributed by atoms with E-state index >= 15 is 0 Å². The van der Waals surface area contributed by atoms with Gasteiger partial charge in [-0.05, 0) is 12.1 Å². The van der Waals surface area contributed by atoms with Crippen molar-refractivity contribution in [3.63, 3.8) is 0 Å². The first-order valence-corrected chi connectivity index (χ1v) is 5.51. The molecule has 0 amide bonds. The van der Waals surface area contributed by atoms with Gasteiger partial charge in [0.25, 0.3) is 0 Å². The molecule has 1 heterocycles. The molecule has 5 nitrogen and oxygen atoms in total. The summed E-state index contributed by atoms with van der Waals surface area (Å²) in [6, 6.07) is 6.21. The van der Waals surface area contributed by atoms with Crippen LogP contribution in [0.15, 0.2) is 30.5 Å². The van der Waals surface area contributed by atoms with Gasteiger partial charge in [0.05, 0.1) is 5.56 Å². The number of rotatable bonds is 5. The van der Waals surface area contributed by atoms with Crippen LogP contribution in [0.3, 0.4) is 0 Å². The van der Waals surface area contributed by atoms with Gasteiger partial charge in [-0.25, -0.2) is 0 Å². The van der Waals surface area contributed by atoms with Gasteiger partial charge >= 0.3 is 6.61 Å². The van der Waals surface area contributed by atoms with E-state index in [-0.39, 0.29) is 12.4 Å². The molecule has 102 valence electrons. The van der Waals surface area contributed by atoms with Gasteiger partial charge in [-0.2, -0.15) is 8.78 Å². The van der Waals surface area contributed by atoms with Crippen LogP contribution in [0.25, 0.3) is 0 Å². The highest BCUT2D eigenvalue weighted by Crippen LogP contribution is 2.27. The van der Waals surface area contributed by atoms with Crippen molar-refractivity contribution in [1.29, 1.82) is 0 Å². The highest BCUT2D eigenvalue weighted by Gasteiger charge is 2.13. The average molecular weight is 269 g/mol. The number of nitrogens with zero attached hydrogens (tertiary/aromatic N) is 2. The number of ether oxygens (including phenoxy) is 2. The molecule has 0 saturated heterocycles. The normalized spacial score (nSPS) is 10.7. The average Bonchev–Trinajstić information content (AvgIpc) is 2.73. The molecule has 2 rings (SSSR count). The van der Waals surface area contributed by atoms with E-state index in [1.54, 1.807) is 30.1 Å². The summed E-state index contributed by atoms with van der Waals surface area (Å²) in [4.78, 5) is 0. The van der Waals surface area contributed by atoms with Crippen LogP contribution >= 0.6 is 0 Å². The standard InChI is InChI=1S/C12H13F2N3O2/c1-17-6-5-11(16-17)18-7-8-9(15)3-2-4-10(8)19-12(13)14/h2-6,12H,7,15H2,1H3. The van der Waals surface area contributed by atoms with Crippen molar-refractivity contribution in [3.05, 3.63) is 36.0 Å². The summed E-state index contributed by atoms with van der Waals surface area (Å²) in [6.07, 6.45) is 1.71. The summed E-state index contributed by atoms with van der Waals surface area (Å²) in [5.41, 5.74) is 6.43. The number of hydrogen-bond donors (Lipinski definition) is 1. The van der Waals surface area contributed by atoms with E-state index in [4.69, 9.17) is 10.5 Å². The maximum Gasteiger partial charge on any atom is 0.387 e. The molecule has 7 heteroatoms. The SMILES string of the molecule is Cn1ccc(OCc2c(N)cccc2OC(F)F)n1. The first-order chi connectivity index (χ1) is 9.06. The van der Waals surface area contributed by atoms with Crippen molar-refractivity contribution < 1.29 is 18.3 Å². The lowest BCUT2D eigenvalue weighted by Gasteiger charge is -2.12. The number of aryl methyl sites for hydroxylation is 1. The molecular formula is C12H13F2N3O2. The monoisotopic (exact) mass is 269 g/mol. The lowest BCUT2D eigenvalue weighted by Crippen LogP contribution is -2.08. The molecule has 0 aliphatic rings. The van der Waals surface area contributed by atoms with Crippen molar-refractivity contribution in [3.8, 4) is 11.6 Å². The van der Waals surface area contributed by atoms with E-state index < -0.39 is 6.61 Å². The Morgan fingerprint density at radius 3 is 2.79 bits per heavy atom. The smallest absolute Gasteiger partial charge is 0.387 e. The zero-order valence-corrected chi connectivity index (χ0v) is 10.2. The van der Waals surface area contributed by atoms with Gasteiger partial charge in [0.2, 0.25) is 5.88 Å². The molecule has 0 fully saturated rings. The van der Waals surface area contributed by atoms with Crippen molar-refractivity contribution in [2.45, 2.75) is 13.2 Å². The van der Waals surface area contributed by atoms with E-state index in [0.717, 1.165) is 0 Å². The largest absolute Gasteiger partial charge is 0.472 e. The second-order valence-electron chi connectivity index (χ2n) is 3.82. The molecule has 2 N–H and O–H groups in total. The zero-order chi connectivity index (χ0) is 13.8. The molecule has 2 aromatic rings. The molecule has 0 spiro atoms. The molecule has 1 aromatic carbocycles. The summed E-state index contributed by atoms with van der Waals surface area (Å²) in [7, 11) is 1.75. The highest BCUT2D eigenvalue weighted by atomic mass is 19.3. The maximum absolute atomic E-state index is 12.3. The molecule has 0 aliphatic heterocycles. The van der Waals surface area contributed by atoms with Crippen molar-refractivity contribution >= 4 is 5.69 Å². The minimum Gasteiger partial charge on any atom is -0.472 e. The summed E-state index contributed by atoms with van der Waals surface area (Å²) in [5, 5.41) is 4.01. The summed E-state index contributed by atoms with van der Waals surface area (Å²) < 4.78 is 35.9. The molecule has 0 atom stereocenters. The summed E-state index contributed by atoms with van der Waals surface area (Å²) in [5.74, 6) is 0.389. The lowest BCUT2D eigenvalue weighted by molar-refractivity contribution is -0.0508. The van der Waals surface area contributed by atoms with E-state index in [9.17, 15) is 8.78 Å². The number of anilines is 1. The number of alkyl halides is 2. The van der Waals surface area contributed by atoms with Crippen LogP contribution < -0.4 is 15.2 Å². The number of halogens is 2. The van der Waals surface area contributed by atoms with Crippen LogP contribution in [0.2, 0.25) is 0 Å². The first-order valence-electron chi connectivity index (χ1n) is 5.51. The Labute approximate surface area is 108 Å². The topological polar surface area (TPSA) is 62.3 Å². The quantitative estimate of drug-likeness (QED) is 0.845. The van der Waals surface area contributed by atoms with Crippen LogP contribution in [-0.2, 0) is 13.7 Å². The van der Waals surface area contributed by atoms with Crippen molar-refractivity contribution in [2.24, 2.45) is 7.05 Å². The van der Waals surface area contributed by atoms with Crippen LogP contribution in [0.4, 0.5) is 14.5 Å². The maximum atomic E-state index is 12.3. The number of nitrogens with two attached hydrogens (primary N) is 1. The molecule has 0 radical (unpaired) electrons. The fourth-order valence-corrected chi connectivity index (χ4v) is 1.56. The van der Waals surface area contributed by atoms with Gasteiger partial charge in [-0.15, -0.1) is 5.10 Å². The molecule has 0 aliphatic carbocycles. The Morgan fingerprint density at radius 1 is 1.37 bits per heavy atom. The number of hydrogen-bond acceptors (Lipinski definition) is 4. The predicted octanol–water partition coefficient (Wildman–Crippen LogP) is 2.18. The third-order valence-electron chi connectivity index (χ3n) is 2.44. The Balaban J connectivity index is 2.14. The second-order valence-corrected chi connectivity index (χ2v) is 3.82. The van der Waals surface area contributed by atoms with E-state index in [1.165, 1.54) is 12.1 Å². The minimum atomic E-state index is -2.91. The Hall–Kier alpha value is -2.31. The van der Waals surface area contributed by atoms with Gasteiger partial charge in [0, 0.05) is 25.0 Å². The molecular weight excluding hydrogens is 256 g/mol. The molecule has 0 bridgehead atoms. The molecule has 19 heavy (non-hydrogen) atoms. The highest BCUT2D eigenvalue weighted by molar-refractivity contribution is 5.54. The van der Waals surface area contributed by atoms with Crippen molar-refractivity contribution in [1.82, 2.24) is 9.78 Å². The van der Waals surface area contributed by atoms with Gasteiger partial charge < -0.3 is 15.2 Å². The fourth-order valence-electron chi connectivity index (χ4n) is 1.56. The Kier molecular flexibility index (Phi) is 3.84. The molecule has 1 aromatic heterocycles. The van der Waals surface area contributed by atoms with Crippen LogP contribution in [0.5, 0.6) is 11.6 Å². The number of nitrogen functional groups attached to an aromatic ring is 1. The number of aromatic nitrogens is 2. The van der Waals surface area contributed by atoms with Gasteiger partial charge in [-0.1, -0.05) is 6.07 Å². The van der Waals surface area contributed by atoms with Crippen molar-refractivity contribution in [2.75, 3.05) is 5.73 Å². The van der Waals surface area contributed by atoms with E-state index in [0.29, 0.717) is 17.1 Å². The summed E-state index contributed by atoms with van der Waals surface area (Å²) in [6.45, 7) is -2.90. The Morgan fingerprint density at radius 2 is 2.16 bits per heavy atom. The zero-order valence-electron chi connectivity index (χ0n) is 10.2. The second kappa shape index (κ2) is 5.55. The number of benzene rings is 1. The third kappa shape index (κ3) is 3.34.